The molecule has 0 aromatic heterocycles. The second kappa shape index (κ2) is 12.6. The van der Waals surface area contributed by atoms with Crippen molar-refractivity contribution in [2.75, 3.05) is 0 Å². The van der Waals surface area contributed by atoms with Crippen LogP contribution < -0.4 is 0 Å². The summed E-state index contributed by atoms with van der Waals surface area (Å²) in [5.41, 5.74) is 3.94. The van der Waals surface area contributed by atoms with Gasteiger partial charge in [-0.3, -0.25) is 9.12 Å². The van der Waals surface area contributed by atoms with Crippen molar-refractivity contribution in [1.29, 1.82) is 0 Å². The average Bonchev–Trinajstić information content (AvgIpc) is 2.44. The van der Waals surface area contributed by atoms with Crippen LogP contribution in [0.5, 0.6) is 0 Å². The van der Waals surface area contributed by atoms with Crippen LogP contribution in [0.4, 0.5) is 0 Å². The molecule has 0 aromatic carbocycles. The maximum absolute atomic E-state index is 11.0. The molecule has 2 unspecified atom stereocenters. The number of rotatable bonds is 12. The van der Waals surface area contributed by atoms with Crippen LogP contribution in [0.15, 0.2) is 34.9 Å². The van der Waals surface area contributed by atoms with E-state index in [0.29, 0.717) is 12.8 Å². The van der Waals surface area contributed by atoms with E-state index < -0.39 is 23.1 Å². The molecule has 0 aliphatic rings. The van der Waals surface area contributed by atoms with Crippen molar-refractivity contribution in [3.8, 4) is 0 Å². The summed E-state index contributed by atoms with van der Waals surface area (Å²) < 4.78 is 42.0. The van der Waals surface area contributed by atoms with Gasteiger partial charge in [-0.2, -0.15) is 8.42 Å². The Kier molecular flexibility index (Phi) is 12.3. The van der Waals surface area contributed by atoms with Gasteiger partial charge in [-0.05, 0) is 72.6 Å². The second-order valence-electron chi connectivity index (χ2n) is 6.73. The van der Waals surface area contributed by atoms with Crippen molar-refractivity contribution in [2.45, 2.75) is 77.6 Å². The van der Waals surface area contributed by atoms with Gasteiger partial charge in [0.05, 0.1) is 0 Å². The highest BCUT2D eigenvalue weighted by atomic mass is 32.2. The van der Waals surface area contributed by atoms with Crippen LogP contribution in [0.3, 0.4) is 0 Å². The molecule has 2 atom stereocenters. The lowest BCUT2D eigenvalue weighted by Crippen LogP contribution is -2.16. The first kappa shape index (κ1) is 24.3. The molecule has 0 aromatic rings. The minimum Gasteiger partial charge on any atom is -0.345 e. The molecule has 25 heavy (non-hydrogen) atoms. The molecule has 0 aliphatic carbocycles. The first-order chi connectivity index (χ1) is 11.5. The lowest BCUT2D eigenvalue weighted by molar-refractivity contribution is 0.458. The third kappa shape index (κ3) is 13.2. The van der Waals surface area contributed by atoms with Crippen molar-refractivity contribution in [3.63, 3.8) is 0 Å². The second-order valence-corrected chi connectivity index (χ2v) is 10.1. The molecule has 0 heterocycles. The largest absolute Gasteiger partial charge is 0.345 e. The van der Waals surface area contributed by atoms with Crippen LogP contribution in [0.2, 0.25) is 0 Å². The monoisotopic (exact) mass is 392 g/mol. The summed E-state index contributed by atoms with van der Waals surface area (Å²) in [6.07, 6.45) is 11.7. The van der Waals surface area contributed by atoms with E-state index in [9.17, 15) is 13.0 Å². The van der Waals surface area contributed by atoms with Gasteiger partial charge in [-0.1, -0.05) is 34.9 Å². The van der Waals surface area contributed by atoms with E-state index in [1.807, 2.05) is 13.0 Å². The molecule has 0 fully saturated rings. The van der Waals surface area contributed by atoms with Crippen molar-refractivity contribution in [3.05, 3.63) is 34.9 Å². The highest BCUT2D eigenvalue weighted by Gasteiger charge is 2.27. The van der Waals surface area contributed by atoms with Crippen molar-refractivity contribution >= 4 is 18.1 Å². The van der Waals surface area contributed by atoms with E-state index in [2.05, 4.69) is 32.9 Å². The van der Waals surface area contributed by atoms with Crippen LogP contribution in [0.25, 0.3) is 0 Å². The lowest BCUT2D eigenvalue weighted by atomic mass is 10.1. The maximum atomic E-state index is 11.0. The molecule has 7 heteroatoms. The number of unbranched alkanes of at least 4 members (excludes halogenated alkanes) is 1. The van der Waals surface area contributed by atoms with Gasteiger partial charge in [0, 0.05) is 0 Å². The zero-order valence-corrected chi connectivity index (χ0v) is 17.6. The average molecular weight is 392 g/mol. The van der Waals surface area contributed by atoms with Crippen molar-refractivity contribution in [1.82, 2.24) is 0 Å². The van der Waals surface area contributed by atoms with E-state index in [1.54, 1.807) is 0 Å². The number of allylic oxidation sites excluding steroid dienone is 6. The van der Waals surface area contributed by atoms with Crippen LogP contribution in [-0.2, 0) is 14.7 Å². The molecule has 0 spiro atoms. The smallest absolute Gasteiger partial charge is 0.276 e. The molecule has 0 aliphatic heterocycles. The van der Waals surface area contributed by atoms with Gasteiger partial charge in [-0.25, -0.2) is 0 Å². The Morgan fingerprint density at radius 1 is 0.960 bits per heavy atom. The molecule has 0 radical (unpaired) electrons. The Labute approximate surface area is 153 Å². The zero-order valence-electron chi connectivity index (χ0n) is 15.8. The molecule has 0 saturated carbocycles. The molecule has 0 amide bonds. The Morgan fingerprint density at radius 2 is 1.44 bits per heavy atom. The van der Waals surface area contributed by atoms with E-state index in [4.69, 9.17) is 9.45 Å². The number of hydrogen-bond donors (Lipinski definition) is 2. The first-order valence-electron chi connectivity index (χ1n) is 8.67. The lowest BCUT2D eigenvalue weighted by Gasteiger charge is -2.09. The van der Waals surface area contributed by atoms with Gasteiger partial charge >= 0.3 is 0 Å². The van der Waals surface area contributed by atoms with E-state index in [0.717, 1.165) is 25.7 Å². The molecule has 0 rings (SSSR count). The van der Waals surface area contributed by atoms with Gasteiger partial charge < -0.3 is 4.89 Å². The van der Waals surface area contributed by atoms with E-state index in [-0.39, 0.29) is 6.42 Å². The maximum Gasteiger partial charge on any atom is 0.276 e. The predicted molar refractivity (Wildman–Crippen MR) is 106 cm³/mol. The minimum atomic E-state index is -4.45. The Hall–Kier alpha value is -0.680. The fourth-order valence-electron chi connectivity index (χ4n) is 2.39. The zero-order chi connectivity index (χ0) is 19.5. The summed E-state index contributed by atoms with van der Waals surface area (Å²) in [6.45, 7) is 8.38. The highest BCUT2D eigenvalue weighted by Crippen LogP contribution is 2.31. The van der Waals surface area contributed by atoms with Gasteiger partial charge in [0.1, 0.15) is 0 Å². The van der Waals surface area contributed by atoms with Gasteiger partial charge in [0.25, 0.3) is 10.1 Å². The Bertz CT molecular complexity index is 613. The van der Waals surface area contributed by atoms with Gasteiger partial charge in [0.15, 0.2) is 4.99 Å². The molecule has 2 N–H and O–H groups in total. The SMILES string of the molecule is CC(C)=CCC/C(C)=C/CC/C(C)=C/CCCC([PH](=O)O)S(=O)(=O)O. The summed E-state index contributed by atoms with van der Waals surface area (Å²) >= 11 is 0. The standard InChI is InChI=1S/C18H33O5PS/c1-15(2)9-7-11-17(4)13-8-12-16(3)10-5-6-14-18(24(19)20)25(21,22)23/h9-10,13,18,24H,5-8,11-12,14H2,1-4H3,(H,19,20)(H,21,22,23)/b16-10+,17-13+. The Morgan fingerprint density at radius 3 is 1.88 bits per heavy atom. The predicted octanol–water partition coefficient (Wildman–Crippen LogP) is 5.26. The summed E-state index contributed by atoms with van der Waals surface area (Å²) in [5, 5.41) is 0. The fraction of sp³-hybridized carbons (Fsp3) is 0.667. The third-order valence-corrected chi connectivity index (χ3v) is 7.21. The summed E-state index contributed by atoms with van der Waals surface area (Å²) in [4.78, 5) is 7.45. The molecule has 0 saturated heterocycles. The summed E-state index contributed by atoms with van der Waals surface area (Å²) in [7, 11) is -7.74. The summed E-state index contributed by atoms with van der Waals surface area (Å²) in [6, 6.07) is 0. The third-order valence-electron chi connectivity index (χ3n) is 3.92. The van der Waals surface area contributed by atoms with E-state index >= 15 is 0 Å². The topological polar surface area (TPSA) is 91.7 Å². The fourth-order valence-corrected chi connectivity index (χ4v) is 4.33. The quantitative estimate of drug-likeness (QED) is 0.205. The molecular formula is C18H33O5PS. The van der Waals surface area contributed by atoms with Crippen molar-refractivity contribution in [2.24, 2.45) is 0 Å². The molecule has 146 valence electrons. The van der Waals surface area contributed by atoms with Crippen LogP contribution in [0, 0.1) is 0 Å². The summed E-state index contributed by atoms with van der Waals surface area (Å²) in [5.74, 6) is 0. The molecular weight excluding hydrogens is 359 g/mol. The highest BCUT2D eigenvalue weighted by molar-refractivity contribution is 7.92. The van der Waals surface area contributed by atoms with Crippen LogP contribution in [0.1, 0.15) is 72.6 Å². The van der Waals surface area contributed by atoms with Crippen LogP contribution >= 0.6 is 8.03 Å². The molecule has 5 nitrogen and oxygen atoms in total. The van der Waals surface area contributed by atoms with Gasteiger partial charge in [-0.15, -0.1) is 0 Å². The Balaban J connectivity index is 4.18. The van der Waals surface area contributed by atoms with Gasteiger partial charge in [0.2, 0.25) is 8.03 Å². The van der Waals surface area contributed by atoms with E-state index in [1.165, 1.54) is 16.7 Å². The number of hydrogen-bond acceptors (Lipinski definition) is 3. The minimum absolute atomic E-state index is 0.000281. The van der Waals surface area contributed by atoms with Crippen molar-refractivity contribution < 1.29 is 22.4 Å². The molecule has 0 bridgehead atoms. The van der Waals surface area contributed by atoms with Crippen LogP contribution in [-0.4, -0.2) is 22.9 Å². The normalized spacial score (nSPS) is 15.8. The first-order valence-corrected chi connectivity index (χ1v) is 11.6.